The van der Waals surface area contributed by atoms with Gasteiger partial charge in [0.1, 0.15) is 0 Å². The van der Waals surface area contributed by atoms with Crippen molar-refractivity contribution in [2.45, 2.75) is 45.1 Å². The van der Waals surface area contributed by atoms with Gasteiger partial charge in [0.05, 0.1) is 6.42 Å². The Morgan fingerprint density at radius 1 is 1.10 bits per heavy atom. The van der Waals surface area contributed by atoms with E-state index in [-0.39, 0.29) is 30.2 Å². The van der Waals surface area contributed by atoms with Crippen molar-refractivity contribution in [3.8, 4) is 0 Å². The lowest BCUT2D eigenvalue weighted by atomic mass is 9.94. The number of carbonyl (C=O) groups excluding carboxylic acids is 2. The predicted molar refractivity (Wildman–Crippen MR) is 72.0 cm³/mol. The fourth-order valence-corrected chi connectivity index (χ4v) is 3.22. The molecular formula is C14H22N2O4. The van der Waals surface area contributed by atoms with E-state index < -0.39 is 5.97 Å². The van der Waals surface area contributed by atoms with Crippen molar-refractivity contribution in [1.82, 2.24) is 9.80 Å². The first-order chi connectivity index (χ1) is 9.49. The first-order valence-electron chi connectivity index (χ1n) is 7.27. The second-order valence-electron chi connectivity index (χ2n) is 5.71. The summed E-state index contributed by atoms with van der Waals surface area (Å²) in [4.78, 5) is 38.1. The minimum Gasteiger partial charge on any atom is -0.481 e. The number of carboxylic acids is 1. The summed E-state index contributed by atoms with van der Waals surface area (Å²) in [5.41, 5.74) is 0. The van der Waals surface area contributed by atoms with E-state index in [4.69, 9.17) is 5.11 Å². The van der Waals surface area contributed by atoms with E-state index in [2.05, 4.69) is 0 Å². The quantitative estimate of drug-likeness (QED) is 0.827. The fourth-order valence-electron chi connectivity index (χ4n) is 3.22. The first kappa shape index (κ1) is 14.8. The number of likely N-dealkylation sites (tertiary alicyclic amines) is 2. The number of carbonyl (C=O) groups is 3. The zero-order valence-electron chi connectivity index (χ0n) is 11.9. The van der Waals surface area contributed by atoms with Gasteiger partial charge in [-0.3, -0.25) is 14.4 Å². The molecule has 2 amide bonds. The summed E-state index contributed by atoms with van der Waals surface area (Å²) in [6.07, 6.45) is 3.09. The Labute approximate surface area is 118 Å². The Bertz CT molecular complexity index is 402. The van der Waals surface area contributed by atoms with Crippen LogP contribution in [0.4, 0.5) is 0 Å². The molecule has 2 aliphatic rings. The van der Waals surface area contributed by atoms with Crippen LogP contribution in [-0.2, 0) is 14.4 Å². The third-order valence-electron chi connectivity index (χ3n) is 4.36. The summed E-state index contributed by atoms with van der Waals surface area (Å²) >= 11 is 0. The van der Waals surface area contributed by atoms with Gasteiger partial charge in [-0.15, -0.1) is 0 Å². The molecule has 2 heterocycles. The average Bonchev–Trinajstić information content (AvgIpc) is 2.85. The van der Waals surface area contributed by atoms with E-state index in [0.29, 0.717) is 32.5 Å². The van der Waals surface area contributed by atoms with Crippen LogP contribution in [0.2, 0.25) is 0 Å². The van der Waals surface area contributed by atoms with E-state index in [0.717, 1.165) is 12.8 Å². The van der Waals surface area contributed by atoms with Crippen molar-refractivity contribution >= 4 is 17.8 Å². The molecule has 1 N–H and O–H groups in total. The second-order valence-corrected chi connectivity index (χ2v) is 5.71. The Morgan fingerprint density at radius 2 is 1.75 bits per heavy atom. The molecule has 2 fully saturated rings. The second kappa shape index (κ2) is 6.24. The van der Waals surface area contributed by atoms with Gasteiger partial charge in [0.25, 0.3) is 0 Å². The number of aliphatic carboxylic acids is 1. The molecule has 0 bridgehead atoms. The molecule has 0 aromatic heterocycles. The van der Waals surface area contributed by atoms with Crippen molar-refractivity contribution < 1.29 is 19.5 Å². The highest BCUT2D eigenvalue weighted by molar-refractivity contribution is 5.81. The summed E-state index contributed by atoms with van der Waals surface area (Å²) in [6.45, 7) is 3.47. The topological polar surface area (TPSA) is 77.9 Å². The van der Waals surface area contributed by atoms with Crippen molar-refractivity contribution in [3.05, 3.63) is 0 Å². The Kier molecular flexibility index (Phi) is 4.62. The first-order valence-corrected chi connectivity index (χ1v) is 7.27. The minimum absolute atomic E-state index is 0.0397. The van der Waals surface area contributed by atoms with Crippen molar-refractivity contribution in [2.24, 2.45) is 5.92 Å². The highest BCUT2D eigenvalue weighted by atomic mass is 16.4. The van der Waals surface area contributed by atoms with Crippen LogP contribution in [0.3, 0.4) is 0 Å². The Balaban J connectivity index is 1.91. The molecule has 6 nitrogen and oxygen atoms in total. The highest BCUT2D eigenvalue weighted by Crippen LogP contribution is 2.26. The summed E-state index contributed by atoms with van der Waals surface area (Å²) in [5.74, 6) is -0.765. The number of rotatable bonds is 3. The van der Waals surface area contributed by atoms with Gasteiger partial charge in [0.2, 0.25) is 11.8 Å². The van der Waals surface area contributed by atoms with Gasteiger partial charge in [0.15, 0.2) is 0 Å². The Hall–Kier alpha value is -1.59. The molecule has 1 atom stereocenters. The molecule has 112 valence electrons. The maximum Gasteiger partial charge on any atom is 0.305 e. The maximum atomic E-state index is 12.5. The summed E-state index contributed by atoms with van der Waals surface area (Å²) in [6, 6.07) is -0.147. The van der Waals surface area contributed by atoms with Crippen molar-refractivity contribution in [3.63, 3.8) is 0 Å². The highest BCUT2D eigenvalue weighted by Gasteiger charge is 2.35. The molecule has 0 radical (unpaired) electrons. The van der Waals surface area contributed by atoms with Crippen LogP contribution < -0.4 is 0 Å². The van der Waals surface area contributed by atoms with Crippen molar-refractivity contribution in [2.75, 3.05) is 19.6 Å². The van der Waals surface area contributed by atoms with E-state index in [1.165, 1.54) is 0 Å². The van der Waals surface area contributed by atoms with Crippen LogP contribution in [0.25, 0.3) is 0 Å². The fraction of sp³-hybridized carbons (Fsp3) is 0.786. The third-order valence-corrected chi connectivity index (χ3v) is 4.36. The number of carboxylic acid groups (broad SMARTS) is 1. The van der Waals surface area contributed by atoms with Gasteiger partial charge < -0.3 is 14.9 Å². The smallest absolute Gasteiger partial charge is 0.305 e. The van der Waals surface area contributed by atoms with Gasteiger partial charge in [-0.2, -0.15) is 0 Å². The van der Waals surface area contributed by atoms with Gasteiger partial charge in [-0.25, -0.2) is 0 Å². The molecule has 6 heteroatoms. The molecule has 0 aromatic carbocycles. The summed E-state index contributed by atoms with van der Waals surface area (Å²) < 4.78 is 0. The van der Waals surface area contributed by atoms with E-state index in [1.807, 2.05) is 0 Å². The zero-order chi connectivity index (χ0) is 14.7. The third kappa shape index (κ3) is 3.29. The van der Waals surface area contributed by atoms with Gasteiger partial charge in [-0.05, 0) is 25.7 Å². The summed E-state index contributed by atoms with van der Waals surface area (Å²) in [7, 11) is 0. The van der Waals surface area contributed by atoms with Gasteiger partial charge in [-0.1, -0.05) is 0 Å². The molecule has 2 rings (SSSR count). The number of piperidine rings is 1. The Morgan fingerprint density at radius 3 is 2.30 bits per heavy atom. The SMILES string of the molecule is CC(=O)N1CCC(C(=O)N2CCCC2CC(=O)O)CC1. The van der Waals surface area contributed by atoms with E-state index >= 15 is 0 Å². The zero-order valence-corrected chi connectivity index (χ0v) is 11.9. The van der Waals surface area contributed by atoms with Crippen LogP contribution in [0.15, 0.2) is 0 Å². The number of hydrogen-bond donors (Lipinski definition) is 1. The monoisotopic (exact) mass is 282 g/mol. The molecule has 0 spiro atoms. The number of amides is 2. The summed E-state index contributed by atoms with van der Waals surface area (Å²) in [5, 5.41) is 8.90. The predicted octanol–water partition coefficient (Wildman–Crippen LogP) is 0.711. The van der Waals surface area contributed by atoms with Crippen LogP contribution in [-0.4, -0.2) is 58.4 Å². The van der Waals surface area contributed by atoms with E-state index in [9.17, 15) is 14.4 Å². The van der Waals surface area contributed by atoms with Crippen LogP contribution >= 0.6 is 0 Å². The van der Waals surface area contributed by atoms with Crippen LogP contribution in [0, 0.1) is 5.92 Å². The van der Waals surface area contributed by atoms with Gasteiger partial charge in [0, 0.05) is 38.5 Å². The molecular weight excluding hydrogens is 260 g/mol. The number of hydrogen-bond acceptors (Lipinski definition) is 3. The lowest BCUT2D eigenvalue weighted by Crippen LogP contribution is -2.45. The minimum atomic E-state index is -0.846. The maximum absolute atomic E-state index is 12.5. The molecule has 1 unspecified atom stereocenters. The molecule has 2 saturated heterocycles. The van der Waals surface area contributed by atoms with E-state index in [1.54, 1.807) is 16.7 Å². The molecule has 0 aromatic rings. The van der Waals surface area contributed by atoms with Gasteiger partial charge >= 0.3 is 5.97 Å². The largest absolute Gasteiger partial charge is 0.481 e. The molecule has 20 heavy (non-hydrogen) atoms. The lowest BCUT2D eigenvalue weighted by molar-refractivity contribution is -0.143. The average molecular weight is 282 g/mol. The normalized spacial score (nSPS) is 23.9. The van der Waals surface area contributed by atoms with Crippen LogP contribution in [0.1, 0.15) is 39.0 Å². The molecule has 2 aliphatic heterocycles. The van der Waals surface area contributed by atoms with Crippen molar-refractivity contribution in [1.29, 1.82) is 0 Å². The lowest BCUT2D eigenvalue weighted by Gasteiger charge is -2.34. The molecule has 0 aliphatic carbocycles. The molecule has 0 saturated carbocycles. The standard InChI is InChI=1S/C14H22N2O4/c1-10(17)15-7-4-11(5-8-15)14(20)16-6-2-3-12(16)9-13(18)19/h11-12H,2-9H2,1H3,(H,18,19). The number of nitrogens with zero attached hydrogens (tertiary/aromatic N) is 2. The van der Waals surface area contributed by atoms with Crippen LogP contribution in [0.5, 0.6) is 0 Å².